The van der Waals surface area contributed by atoms with E-state index in [1.54, 1.807) is 11.8 Å². The van der Waals surface area contributed by atoms with Gasteiger partial charge in [0.1, 0.15) is 5.84 Å². The van der Waals surface area contributed by atoms with Gasteiger partial charge in [-0.05, 0) is 39.2 Å². The fourth-order valence-corrected chi connectivity index (χ4v) is 2.13. The molecule has 0 aliphatic heterocycles. The largest absolute Gasteiger partial charge is 0.384 e. The summed E-state index contributed by atoms with van der Waals surface area (Å²) in [6.45, 7) is 6.26. The van der Waals surface area contributed by atoms with Crippen molar-refractivity contribution in [2.45, 2.75) is 31.2 Å². The standard InChI is InChI=1S/C12H19N3S/c1-12(2,3)15-8-6-5-7-9(16-4)10(8)11(13)14/h5-7,15H,1-4H3,(H3,13,14). The molecule has 0 radical (unpaired) electrons. The molecule has 0 aromatic heterocycles. The minimum absolute atomic E-state index is 0.0404. The highest BCUT2D eigenvalue weighted by Crippen LogP contribution is 2.28. The maximum absolute atomic E-state index is 7.65. The molecule has 16 heavy (non-hydrogen) atoms. The Morgan fingerprint density at radius 1 is 1.38 bits per heavy atom. The number of nitrogens with two attached hydrogens (primary N) is 1. The minimum Gasteiger partial charge on any atom is -0.384 e. The zero-order chi connectivity index (χ0) is 12.3. The molecule has 0 saturated heterocycles. The van der Waals surface area contributed by atoms with Gasteiger partial charge in [-0.1, -0.05) is 6.07 Å². The lowest BCUT2D eigenvalue weighted by Gasteiger charge is -2.24. The number of anilines is 1. The molecule has 0 atom stereocenters. The van der Waals surface area contributed by atoms with Crippen LogP contribution >= 0.6 is 11.8 Å². The molecule has 1 aromatic rings. The van der Waals surface area contributed by atoms with E-state index < -0.39 is 0 Å². The van der Waals surface area contributed by atoms with E-state index >= 15 is 0 Å². The van der Waals surface area contributed by atoms with Crippen molar-refractivity contribution in [1.82, 2.24) is 0 Å². The molecule has 0 aliphatic rings. The zero-order valence-electron chi connectivity index (χ0n) is 10.2. The van der Waals surface area contributed by atoms with Gasteiger partial charge in [-0.3, -0.25) is 5.41 Å². The van der Waals surface area contributed by atoms with Crippen molar-refractivity contribution in [3.8, 4) is 0 Å². The molecule has 0 heterocycles. The smallest absolute Gasteiger partial charge is 0.126 e. The number of thioether (sulfide) groups is 1. The van der Waals surface area contributed by atoms with Gasteiger partial charge in [-0.25, -0.2) is 0 Å². The molecule has 4 N–H and O–H groups in total. The van der Waals surface area contributed by atoms with E-state index in [1.807, 2.05) is 24.5 Å². The third kappa shape index (κ3) is 3.17. The highest BCUT2D eigenvalue weighted by atomic mass is 32.2. The lowest BCUT2D eigenvalue weighted by atomic mass is 10.1. The third-order valence-electron chi connectivity index (χ3n) is 2.03. The first-order valence-electron chi connectivity index (χ1n) is 5.15. The van der Waals surface area contributed by atoms with E-state index in [0.29, 0.717) is 0 Å². The molecule has 4 heteroatoms. The Labute approximate surface area is 101 Å². The molecule has 0 aliphatic carbocycles. The summed E-state index contributed by atoms with van der Waals surface area (Å²) in [6, 6.07) is 5.92. The van der Waals surface area contributed by atoms with Gasteiger partial charge >= 0.3 is 0 Å². The predicted octanol–water partition coefficient (Wildman–Crippen LogP) is 2.90. The number of hydrogen-bond acceptors (Lipinski definition) is 3. The number of rotatable bonds is 3. The average Bonchev–Trinajstić information content (AvgIpc) is 2.14. The van der Waals surface area contributed by atoms with E-state index in [4.69, 9.17) is 11.1 Å². The van der Waals surface area contributed by atoms with Crippen molar-refractivity contribution in [1.29, 1.82) is 5.41 Å². The van der Waals surface area contributed by atoms with Gasteiger partial charge < -0.3 is 11.1 Å². The predicted molar refractivity (Wildman–Crippen MR) is 72.6 cm³/mol. The molecule has 3 nitrogen and oxygen atoms in total. The molecule has 1 aromatic carbocycles. The summed E-state index contributed by atoms with van der Waals surface area (Å²) in [7, 11) is 0. The van der Waals surface area contributed by atoms with Crippen LogP contribution in [0.4, 0.5) is 5.69 Å². The molecule has 0 spiro atoms. The van der Waals surface area contributed by atoms with Crippen LogP contribution in [0.1, 0.15) is 26.3 Å². The van der Waals surface area contributed by atoms with Crippen LogP contribution in [0.5, 0.6) is 0 Å². The number of amidine groups is 1. The summed E-state index contributed by atoms with van der Waals surface area (Å²) in [5.74, 6) is 0.108. The zero-order valence-corrected chi connectivity index (χ0v) is 11.0. The van der Waals surface area contributed by atoms with Crippen molar-refractivity contribution in [2.24, 2.45) is 5.73 Å². The van der Waals surface area contributed by atoms with E-state index in [-0.39, 0.29) is 11.4 Å². The van der Waals surface area contributed by atoms with Crippen LogP contribution in [0, 0.1) is 5.41 Å². The van der Waals surface area contributed by atoms with E-state index in [1.165, 1.54) is 0 Å². The molecule has 88 valence electrons. The van der Waals surface area contributed by atoms with E-state index in [9.17, 15) is 0 Å². The lowest BCUT2D eigenvalue weighted by molar-refractivity contribution is 0.633. The normalized spacial score (nSPS) is 11.2. The maximum Gasteiger partial charge on any atom is 0.126 e. The highest BCUT2D eigenvalue weighted by molar-refractivity contribution is 7.98. The minimum atomic E-state index is -0.0404. The Hall–Kier alpha value is -1.16. The molecule has 0 saturated carbocycles. The van der Waals surface area contributed by atoms with Gasteiger partial charge in [0, 0.05) is 16.1 Å². The Morgan fingerprint density at radius 3 is 2.44 bits per heavy atom. The van der Waals surface area contributed by atoms with Gasteiger partial charge in [0.2, 0.25) is 0 Å². The first-order chi connectivity index (χ1) is 7.35. The number of benzene rings is 1. The van der Waals surface area contributed by atoms with Gasteiger partial charge in [-0.15, -0.1) is 11.8 Å². The summed E-state index contributed by atoms with van der Waals surface area (Å²) in [5.41, 5.74) is 7.32. The van der Waals surface area contributed by atoms with Crippen molar-refractivity contribution < 1.29 is 0 Å². The molecule has 0 bridgehead atoms. The van der Waals surface area contributed by atoms with Gasteiger partial charge in [-0.2, -0.15) is 0 Å². The maximum atomic E-state index is 7.65. The van der Waals surface area contributed by atoms with E-state index in [2.05, 4.69) is 26.1 Å². The lowest BCUT2D eigenvalue weighted by Crippen LogP contribution is -2.28. The number of hydrogen-bond donors (Lipinski definition) is 3. The first kappa shape index (κ1) is 12.9. The molecular formula is C12H19N3S. The number of nitrogen functional groups attached to an aromatic ring is 1. The Balaban J connectivity index is 3.22. The van der Waals surface area contributed by atoms with Crippen LogP contribution in [0.15, 0.2) is 23.1 Å². The van der Waals surface area contributed by atoms with Gasteiger partial charge in [0.05, 0.1) is 5.56 Å². The van der Waals surface area contributed by atoms with Crippen LogP contribution in [-0.2, 0) is 0 Å². The fraction of sp³-hybridized carbons (Fsp3) is 0.417. The summed E-state index contributed by atoms with van der Waals surface area (Å²) in [4.78, 5) is 1.03. The van der Waals surface area contributed by atoms with Crippen molar-refractivity contribution in [2.75, 3.05) is 11.6 Å². The second-order valence-corrected chi connectivity index (χ2v) is 5.52. The monoisotopic (exact) mass is 237 g/mol. The van der Waals surface area contributed by atoms with Crippen LogP contribution in [-0.4, -0.2) is 17.6 Å². The van der Waals surface area contributed by atoms with E-state index in [0.717, 1.165) is 16.1 Å². The molecular weight excluding hydrogens is 218 g/mol. The van der Waals surface area contributed by atoms with Gasteiger partial charge in [0.25, 0.3) is 0 Å². The van der Waals surface area contributed by atoms with Gasteiger partial charge in [0.15, 0.2) is 0 Å². The molecule has 0 unspecified atom stereocenters. The van der Waals surface area contributed by atoms with Crippen LogP contribution in [0.2, 0.25) is 0 Å². The molecule has 0 amide bonds. The Morgan fingerprint density at radius 2 is 2.00 bits per heavy atom. The summed E-state index contributed by atoms with van der Waals surface area (Å²) >= 11 is 1.60. The highest BCUT2D eigenvalue weighted by Gasteiger charge is 2.15. The average molecular weight is 237 g/mol. The summed E-state index contributed by atoms with van der Waals surface area (Å²) in [6.07, 6.45) is 1.99. The first-order valence-corrected chi connectivity index (χ1v) is 6.37. The summed E-state index contributed by atoms with van der Waals surface area (Å²) < 4.78 is 0. The molecule has 1 rings (SSSR count). The Bertz CT molecular complexity index is 394. The van der Waals surface area contributed by atoms with Crippen LogP contribution in [0.25, 0.3) is 0 Å². The van der Waals surface area contributed by atoms with Crippen LogP contribution in [0.3, 0.4) is 0 Å². The number of nitrogens with one attached hydrogen (secondary N) is 2. The second kappa shape index (κ2) is 4.78. The second-order valence-electron chi connectivity index (χ2n) is 4.67. The SMILES string of the molecule is CSc1cccc(NC(C)(C)C)c1C(=N)N. The third-order valence-corrected chi connectivity index (χ3v) is 2.81. The quantitative estimate of drug-likeness (QED) is 0.430. The summed E-state index contributed by atoms with van der Waals surface area (Å²) in [5, 5.41) is 11.0. The fourth-order valence-electron chi connectivity index (χ4n) is 1.49. The Kier molecular flexibility index (Phi) is 3.86. The topological polar surface area (TPSA) is 61.9 Å². The van der Waals surface area contributed by atoms with Crippen molar-refractivity contribution in [3.05, 3.63) is 23.8 Å². The van der Waals surface area contributed by atoms with Crippen molar-refractivity contribution in [3.63, 3.8) is 0 Å². The van der Waals surface area contributed by atoms with Crippen LogP contribution < -0.4 is 11.1 Å². The van der Waals surface area contributed by atoms with Crippen molar-refractivity contribution >= 4 is 23.3 Å². The molecule has 0 fully saturated rings.